The highest BCUT2D eigenvalue weighted by Gasteiger charge is 2.19. The van der Waals surface area contributed by atoms with Gasteiger partial charge in [-0.15, -0.1) is 0 Å². The van der Waals surface area contributed by atoms with Crippen LogP contribution in [0.3, 0.4) is 0 Å². The third-order valence-electron chi connectivity index (χ3n) is 4.95. The predicted molar refractivity (Wildman–Crippen MR) is 131 cm³/mol. The Kier molecular flexibility index (Phi) is 8.13. The molecule has 0 radical (unpaired) electrons. The minimum Gasteiger partial charge on any atom is -0.494 e. The van der Waals surface area contributed by atoms with Gasteiger partial charge < -0.3 is 19.7 Å². The summed E-state index contributed by atoms with van der Waals surface area (Å²) in [6, 6.07) is 15.8. The molecule has 1 N–H and O–H groups in total. The Hall–Kier alpha value is -5.00. The SMILES string of the molecule is CCOc1ccc(NC(=O)COc2ccc(N(C)C(=O)c3cccc([N+](=O)[O-])c3)cc2)c([N+](=O)[O-])c1. The van der Waals surface area contributed by atoms with Crippen LogP contribution in [0.2, 0.25) is 0 Å². The Balaban J connectivity index is 1.61. The van der Waals surface area contributed by atoms with Crippen LogP contribution in [0.1, 0.15) is 17.3 Å². The van der Waals surface area contributed by atoms with E-state index in [1.54, 1.807) is 31.2 Å². The van der Waals surface area contributed by atoms with Crippen molar-refractivity contribution >= 4 is 34.6 Å². The highest BCUT2D eigenvalue weighted by atomic mass is 16.6. The number of carbonyl (C=O) groups excluding carboxylic acids is 2. The van der Waals surface area contributed by atoms with E-state index in [0.29, 0.717) is 23.8 Å². The molecule has 0 aliphatic heterocycles. The van der Waals surface area contributed by atoms with Crippen molar-refractivity contribution in [2.45, 2.75) is 6.92 Å². The molecule has 3 aromatic rings. The van der Waals surface area contributed by atoms with Crippen LogP contribution in [0.25, 0.3) is 0 Å². The van der Waals surface area contributed by atoms with Gasteiger partial charge in [-0.1, -0.05) is 6.07 Å². The molecule has 0 aliphatic carbocycles. The second kappa shape index (κ2) is 11.4. The second-order valence-corrected chi connectivity index (χ2v) is 7.37. The normalized spacial score (nSPS) is 10.3. The smallest absolute Gasteiger partial charge is 0.296 e. The molecule has 0 bridgehead atoms. The molecule has 2 amide bonds. The van der Waals surface area contributed by atoms with Crippen LogP contribution in [0.4, 0.5) is 22.7 Å². The monoisotopic (exact) mass is 494 g/mol. The minimum atomic E-state index is -0.622. The number of amides is 2. The summed E-state index contributed by atoms with van der Waals surface area (Å²) in [7, 11) is 1.52. The number of hydrogen-bond donors (Lipinski definition) is 1. The van der Waals surface area contributed by atoms with Gasteiger partial charge in [0.1, 0.15) is 17.2 Å². The van der Waals surface area contributed by atoms with Crippen molar-refractivity contribution in [3.8, 4) is 11.5 Å². The Morgan fingerprint density at radius 2 is 1.61 bits per heavy atom. The Bertz CT molecular complexity index is 1290. The van der Waals surface area contributed by atoms with Crippen molar-refractivity contribution in [3.05, 3.63) is 92.5 Å². The van der Waals surface area contributed by atoms with Gasteiger partial charge in [0, 0.05) is 30.4 Å². The molecular weight excluding hydrogens is 472 g/mol. The molecular formula is C24H22N4O8. The molecule has 0 saturated carbocycles. The zero-order valence-electron chi connectivity index (χ0n) is 19.4. The van der Waals surface area contributed by atoms with E-state index >= 15 is 0 Å². The molecule has 0 aromatic heterocycles. The number of nitro groups is 2. The second-order valence-electron chi connectivity index (χ2n) is 7.37. The van der Waals surface area contributed by atoms with Crippen LogP contribution in [0.15, 0.2) is 66.7 Å². The Labute approximate surface area is 205 Å². The topological polar surface area (TPSA) is 154 Å². The number of carbonyl (C=O) groups is 2. The van der Waals surface area contributed by atoms with E-state index in [-0.39, 0.29) is 22.6 Å². The molecule has 3 rings (SSSR count). The van der Waals surface area contributed by atoms with Crippen LogP contribution >= 0.6 is 0 Å². The zero-order chi connectivity index (χ0) is 26.2. The maximum Gasteiger partial charge on any atom is 0.296 e. The average molecular weight is 494 g/mol. The molecule has 0 unspecified atom stereocenters. The molecule has 0 fully saturated rings. The molecule has 12 heteroatoms. The largest absolute Gasteiger partial charge is 0.494 e. The summed E-state index contributed by atoms with van der Waals surface area (Å²) in [4.78, 5) is 47.4. The number of nitro benzene ring substituents is 2. The summed E-state index contributed by atoms with van der Waals surface area (Å²) in [6.07, 6.45) is 0. The zero-order valence-corrected chi connectivity index (χ0v) is 19.4. The highest BCUT2D eigenvalue weighted by Crippen LogP contribution is 2.29. The first-order valence-corrected chi connectivity index (χ1v) is 10.7. The summed E-state index contributed by atoms with van der Waals surface area (Å²) < 4.78 is 10.7. The van der Waals surface area contributed by atoms with Crippen molar-refractivity contribution in [3.63, 3.8) is 0 Å². The first-order valence-electron chi connectivity index (χ1n) is 10.7. The first-order chi connectivity index (χ1) is 17.2. The van der Waals surface area contributed by atoms with Crippen molar-refractivity contribution in [1.29, 1.82) is 0 Å². The number of ether oxygens (including phenoxy) is 2. The van der Waals surface area contributed by atoms with Crippen molar-refractivity contribution in [2.24, 2.45) is 0 Å². The third kappa shape index (κ3) is 6.32. The molecule has 3 aromatic carbocycles. The molecule has 36 heavy (non-hydrogen) atoms. The van der Waals surface area contributed by atoms with E-state index in [9.17, 15) is 29.8 Å². The van der Waals surface area contributed by atoms with Gasteiger partial charge in [-0.25, -0.2) is 0 Å². The van der Waals surface area contributed by atoms with Gasteiger partial charge in [0.15, 0.2) is 6.61 Å². The number of nitrogens with zero attached hydrogens (tertiary/aromatic N) is 3. The van der Waals surface area contributed by atoms with Crippen molar-refractivity contribution in [2.75, 3.05) is 30.5 Å². The van der Waals surface area contributed by atoms with Crippen LogP contribution < -0.4 is 19.7 Å². The van der Waals surface area contributed by atoms with E-state index in [1.165, 1.54) is 54.4 Å². The van der Waals surface area contributed by atoms with Crippen molar-refractivity contribution < 1.29 is 28.9 Å². The van der Waals surface area contributed by atoms with Gasteiger partial charge >= 0.3 is 0 Å². The van der Waals surface area contributed by atoms with Gasteiger partial charge in [0.25, 0.3) is 23.2 Å². The average Bonchev–Trinajstić information content (AvgIpc) is 2.88. The van der Waals surface area contributed by atoms with Crippen LogP contribution in [0.5, 0.6) is 11.5 Å². The summed E-state index contributed by atoms with van der Waals surface area (Å²) in [5.41, 5.74) is 0.163. The summed E-state index contributed by atoms with van der Waals surface area (Å²) in [5.74, 6) is -0.410. The van der Waals surface area contributed by atoms with E-state index in [2.05, 4.69) is 5.32 Å². The molecule has 0 atom stereocenters. The Morgan fingerprint density at radius 1 is 0.917 bits per heavy atom. The van der Waals surface area contributed by atoms with Crippen LogP contribution in [0, 0.1) is 20.2 Å². The number of nitrogens with one attached hydrogen (secondary N) is 1. The lowest BCUT2D eigenvalue weighted by Gasteiger charge is -2.18. The molecule has 0 heterocycles. The minimum absolute atomic E-state index is 0.00804. The molecule has 0 spiro atoms. The fraction of sp³-hybridized carbons (Fsp3) is 0.167. The lowest BCUT2D eigenvalue weighted by Crippen LogP contribution is -2.26. The summed E-state index contributed by atoms with van der Waals surface area (Å²) in [5, 5.41) is 24.7. The van der Waals surface area contributed by atoms with Gasteiger partial charge in [-0.3, -0.25) is 29.8 Å². The van der Waals surface area contributed by atoms with E-state index in [1.807, 2.05) is 0 Å². The van der Waals surface area contributed by atoms with E-state index in [4.69, 9.17) is 9.47 Å². The number of hydrogen-bond acceptors (Lipinski definition) is 8. The van der Waals surface area contributed by atoms with Crippen LogP contribution in [-0.4, -0.2) is 41.9 Å². The first kappa shape index (κ1) is 25.6. The van der Waals surface area contributed by atoms with Crippen molar-refractivity contribution in [1.82, 2.24) is 0 Å². The molecule has 186 valence electrons. The fourth-order valence-electron chi connectivity index (χ4n) is 3.19. The quantitative estimate of drug-likeness (QED) is 0.325. The lowest BCUT2D eigenvalue weighted by molar-refractivity contribution is -0.384. The van der Waals surface area contributed by atoms with E-state index in [0.717, 1.165) is 0 Å². The van der Waals surface area contributed by atoms with Gasteiger partial charge in [0.2, 0.25) is 0 Å². The number of rotatable bonds is 10. The van der Waals surface area contributed by atoms with Crippen LogP contribution in [-0.2, 0) is 4.79 Å². The highest BCUT2D eigenvalue weighted by molar-refractivity contribution is 6.06. The molecule has 0 saturated heterocycles. The molecule has 12 nitrogen and oxygen atoms in total. The molecule has 0 aliphatic rings. The number of anilines is 2. The standard InChI is InChI=1S/C24H22N4O8/c1-3-35-20-11-12-21(22(14-20)28(33)34)25-23(29)15-36-19-9-7-17(8-10-19)26(2)24(30)16-5-4-6-18(13-16)27(31)32/h4-14H,3,15H2,1-2H3,(H,25,29). The number of benzene rings is 3. The van der Waals surface area contributed by atoms with E-state index < -0.39 is 28.3 Å². The van der Waals surface area contributed by atoms with Gasteiger partial charge in [-0.05, 0) is 49.4 Å². The van der Waals surface area contributed by atoms with Gasteiger partial charge in [0.05, 0.1) is 22.5 Å². The summed E-state index contributed by atoms with van der Waals surface area (Å²) in [6.45, 7) is 1.68. The summed E-state index contributed by atoms with van der Waals surface area (Å²) >= 11 is 0. The third-order valence-corrected chi connectivity index (χ3v) is 4.95. The maximum atomic E-state index is 12.7. The number of non-ortho nitro benzene ring substituents is 1. The fourth-order valence-corrected chi connectivity index (χ4v) is 3.19. The lowest BCUT2D eigenvalue weighted by atomic mass is 10.1. The Morgan fingerprint density at radius 3 is 2.25 bits per heavy atom. The maximum absolute atomic E-state index is 12.7. The predicted octanol–water partition coefficient (Wildman–Crippen LogP) is 4.20. The van der Waals surface area contributed by atoms with Gasteiger partial charge in [-0.2, -0.15) is 0 Å².